The number of hydrogen-bond donors (Lipinski definition) is 2. The Morgan fingerprint density at radius 2 is 1.78 bits per heavy atom. The Hall–Kier alpha value is -4.94. The van der Waals surface area contributed by atoms with E-state index in [-0.39, 0.29) is 41.5 Å². The van der Waals surface area contributed by atoms with E-state index in [1.165, 1.54) is 53.9 Å². The summed E-state index contributed by atoms with van der Waals surface area (Å²) in [5.41, 5.74) is 7.66. The summed E-state index contributed by atoms with van der Waals surface area (Å²) >= 11 is 0. The third-order valence-corrected chi connectivity index (χ3v) is 9.71. The van der Waals surface area contributed by atoms with Crippen LogP contribution in [-0.4, -0.2) is 51.3 Å². The summed E-state index contributed by atoms with van der Waals surface area (Å²) in [6.45, 7) is 0.563. The minimum Gasteiger partial charge on any atom is -0.493 e. The smallest absolute Gasteiger partial charge is 0.254 e. The van der Waals surface area contributed by atoms with Crippen LogP contribution in [-0.2, 0) is 16.4 Å². The second-order valence-corrected chi connectivity index (χ2v) is 12.5. The van der Waals surface area contributed by atoms with E-state index in [1.807, 2.05) is 6.07 Å². The molecule has 8 bridgehead atoms. The van der Waals surface area contributed by atoms with Crippen molar-refractivity contribution in [2.75, 3.05) is 26.8 Å². The van der Waals surface area contributed by atoms with Gasteiger partial charge in [-0.1, -0.05) is 12.1 Å². The highest BCUT2D eigenvalue weighted by Crippen LogP contribution is 2.43. The van der Waals surface area contributed by atoms with E-state index in [2.05, 4.69) is 5.32 Å². The average Bonchev–Trinajstić information content (AvgIpc) is 3.04. The number of benzene rings is 4. The van der Waals surface area contributed by atoms with Crippen LogP contribution in [0.1, 0.15) is 49.9 Å². The highest BCUT2D eigenvalue weighted by molar-refractivity contribution is 7.89. The fraction of sp³-hybridized carbons (Fsp3) is 0.212. The highest BCUT2D eigenvalue weighted by Gasteiger charge is 2.38. The molecular formula is C33H30FN3O7S. The van der Waals surface area contributed by atoms with Gasteiger partial charge in [0, 0.05) is 18.7 Å². The van der Waals surface area contributed by atoms with Crippen molar-refractivity contribution in [1.29, 1.82) is 0 Å². The fourth-order valence-electron chi connectivity index (χ4n) is 5.58. The van der Waals surface area contributed by atoms with Crippen LogP contribution in [0.5, 0.6) is 23.0 Å². The van der Waals surface area contributed by atoms with Gasteiger partial charge in [-0.2, -0.15) is 4.31 Å². The molecule has 232 valence electrons. The Kier molecular flexibility index (Phi) is 8.17. The lowest BCUT2D eigenvalue weighted by molar-refractivity contribution is 0.0945. The van der Waals surface area contributed by atoms with Crippen molar-refractivity contribution in [1.82, 2.24) is 9.62 Å². The van der Waals surface area contributed by atoms with Gasteiger partial charge in [0.2, 0.25) is 15.9 Å². The first-order chi connectivity index (χ1) is 21.7. The number of nitrogens with two attached hydrogens (primary N) is 1. The first-order valence-corrected chi connectivity index (χ1v) is 15.7. The second-order valence-electron chi connectivity index (χ2n) is 10.6. The zero-order valence-corrected chi connectivity index (χ0v) is 25.1. The third-order valence-electron chi connectivity index (χ3n) is 7.83. The molecule has 0 spiro atoms. The summed E-state index contributed by atoms with van der Waals surface area (Å²) in [5.74, 6) is -0.324. The van der Waals surface area contributed by atoms with Crippen LogP contribution >= 0.6 is 0 Å². The van der Waals surface area contributed by atoms with E-state index in [0.717, 1.165) is 11.1 Å². The number of nitrogens with one attached hydrogen (secondary N) is 1. The zero-order chi connectivity index (χ0) is 31.7. The lowest BCUT2D eigenvalue weighted by Gasteiger charge is -2.37. The van der Waals surface area contributed by atoms with Gasteiger partial charge in [0.15, 0.2) is 11.5 Å². The largest absolute Gasteiger partial charge is 0.493 e. The van der Waals surface area contributed by atoms with Gasteiger partial charge in [0.05, 0.1) is 30.2 Å². The summed E-state index contributed by atoms with van der Waals surface area (Å²) in [5, 5.41) is 2.70. The summed E-state index contributed by atoms with van der Waals surface area (Å²) in [6.07, 6.45) is 0.783. The molecule has 0 aromatic heterocycles. The Labute approximate surface area is 259 Å². The first kappa shape index (κ1) is 30.1. The minimum atomic E-state index is -4.06. The Morgan fingerprint density at radius 1 is 1.02 bits per heavy atom. The SMILES string of the molecule is COc1ccc2cc1OCCCNC(=O)c1cc(ccc1F)Oc1ccc3c(c1)CCN(S(=O)(=O)c1ccc(C(N)=O)cc1)C23. The topological polar surface area (TPSA) is 137 Å². The number of ether oxygens (including phenoxy) is 3. The molecular weight excluding hydrogens is 601 g/mol. The van der Waals surface area contributed by atoms with E-state index in [9.17, 15) is 22.4 Å². The van der Waals surface area contributed by atoms with Crippen LogP contribution in [0.25, 0.3) is 0 Å². The fourth-order valence-corrected chi connectivity index (χ4v) is 7.18. The monoisotopic (exact) mass is 631 g/mol. The molecule has 12 heteroatoms. The Balaban J connectivity index is 1.47. The number of amides is 2. The number of carbonyl (C=O) groups is 2. The molecule has 0 saturated carbocycles. The van der Waals surface area contributed by atoms with E-state index >= 15 is 0 Å². The summed E-state index contributed by atoms with van der Waals surface area (Å²) in [7, 11) is -2.55. The lowest BCUT2D eigenvalue weighted by Crippen LogP contribution is -2.40. The summed E-state index contributed by atoms with van der Waals surface area (Å²) in [6, 6.07) is 19.4. The molecule has 2 amide bonds. The average molecular weight is 632 g/mol. The normalized spacial score (nSPS) is 16.8. The molecule has 3 aliphatic heterocycles. The number of nitrogens with zero attached hydrogens (tertiary/aromatic N) is 1. The molecule has 0 saturated heterocycles. The molecule has 4 aromatic carbocycles. The van der Waals surface area contributed by atoms with Crippen molar-refractivity contribution >= 4 is 21.8 Å². The van der Waals surface area contributed by atoms with E-state index in [1.54, 1.807) is 30.3 Å². The molecule has 0 fully saturated rings. The van der Waals surface area contributed by atoms with Crippen LogP contribution in [0.2, 0.25) is 0 Å². The van der Waals surface area contributed by atoms with Crippen molar-refractivity contribution < 1.29 is 36.6 Å². The van der Waals surface area contributed by atoms with Crippen LogP contribution in [0.15, 0.2) is 83.8 Å². The zero-order valence-electron chi connectivity index (χ0n) is 24.3. The second kappa shape index (κ2) is 12.2. The maximum Gasteiger partial charge on any atom is 0.254 e. The molecule has 3 aliphatic rings. The maximum atomic E-state index is 14.5. The number of fused-ring (bicyclic) bond motifs is 6. The van der Waals surface area contributed by atoms with Gasteiger partial charge in [-0.3, -0.25) is 9.59 Å². The predicted molar refractivity (Wildman–Crippen MR) is 163 cm³/mol. The number of primary amides is 1. The molecule has 4 aromatic rings. The van der Waals surface area contributed by atoms with Crippen LogP contribution in [0, 0.1) is 5.82 Å². The number of rotatable bonds is 4. The molecule has 0 radical (unpaired) electrons. The molecule has 3 N–H and O–H groups in total. The maximum absolute atomic E-state index is 14.5. The molecule has 45 heavy (non-hydrogen) atoms. The Bertz CT molecular complexity index is 1900. The predicted octanol–water partition coefficient (Wildman–Crippen LogP) is 4.57. The van der Waals surface area contributed by atoms with Crippen molar-refractivity contribution in [2.45, 2.75) is 23.8 Å². The number of halogens is 1. The summed E-state index contributed by atoms with van der Waals surface area (Å²) < 4.78 is 61.9. The Morgan fingerprint density at radius 3 is 2.53 bits per heavy atom. The van der Waals surface area contributed by atoms with Crippen molar-refractivity contribution in [2.24, 2.45) is 5.73 Å². The van der Waals surface area contributed by atoms with Crippen molar-refractivity contribution in [3.63, 3.8) is 0 Å². The number of hydrogen-bond acceptors (Lipinski definition) is 7. The van der Waals surface area contributed by atoms with Crippen molar-refractivity contribution in [3.8, 4) is 23.0 Å². The standard InChI is InChI=1S/C33H30FN3O7S/c1-42-29-12-5-22-18-30(29)43-16-2-14-36-33(39)27-19-24(7-11-28(27)34)44-23-6-10-26-21(17-23)13-15-37(31(22)26)45(40,41)25-8-3-20(4-9-25)32(35)38/h3-12,17-19,31H,2,13-16H2,1H3,(H2,35,38)(H,36,39). The molecule has 1 unspecified atom stereocenters. The van der Waals surface area contributed by atoms with Gasteiger partial charge in [-0.15, -0.1) is 0 Å². The van der Waals surface area contributed by atoms with Crippen LogP contribution < -0.4 is 25.3 Å². The number of sulfonamides is 1. The van der Waals surface area contributed by atoms with Gasteiger partial charge in [0.25, 0.3) is 5.91 Å². The highest BCUT2D eigenvalue weighted by atomic mass is 32.2. The quantitative estimate of drug-likeness (QED) is 0.337. The summed E-state index contributed by atoms with van der Waals surface area (Å²) in [4.78, 5) is 24.3. The lowest BCUT2D eigenvalue weighted by atomic mass is 9.89. The van der Waals surface area contributed by atoms with Gasteiger partial charge < -0.3 is 25.3 Å². The minimum absolute atomic E-state index is 0.0227. The molecule has 10 nitrogen and oxygen atoms in total. The molecule has 1 atom stereocenters. The van der Waals surface area contributed by atoms with E-state index in [4.69, 9.17) is 19.9 Å². The molecule has 7 rings (SSSR count). The van der Waals surface area contributed by atoms with Gasteiger partial charge in [-0.05, 0) is 96.3 Å². The molecule has 3 heterocycles. The van der Waals surface area contributed by atoms with Crippen LogP contribution in [0.4, 0.5) is 4.39 Å². The van der Waals surface area contributed by atoms with Crippen molar-refractivity contribution in [3.05, 3.63) is 112 Å². The van der Waals surface area contributed by atoms with E-state index < -0.39 is 33.7 Å². The number of carbonyl (C=O) groups excluding carboxylic acids is 2. The van der Waals surface area contributed by atoms with Gasteiger partial charge >= 0.3 is 0 Å². The first-order valence-electron chi connectivity index (χ1n) is 14.3. The van der Waals surface area contributed by atoms with E-state index in [0.29, 0.717) is 35.7 Å². The van der Waals surface area contributed by atoms with Crippen LogP contribution in [0.3, 0.4) is 0 Å². The van der Waals surface area contributed by atoms with Gasteiger partial charge in [-0.25, -0.2) is 12.8 Å². The number of methoxy groups -OCH3 is 1. The van der Waals surface area contributed by atoms with Gasteiger partial charge in [0.1, 0.15) is 17.3 Å². The third kappa shape index (κ3) is 5.94. The molecule has 0 aliphatic carbocycles.